The van der Waals surface area contributed by atoms with E-state index in [1.807, 2.05) is 18.2 Å². The second-order valence-electron chi connectivity index (χ2n) is 4.59. The number of hydrogen-bond acceptors (Lipinski definition) is 2. The summed E-state index contributed by atoms with van der Waals surface area (Å²) in [6.45, 7) is 0.229. The molecule has 0 bridgehead atoms. The fraction of sp³-hybridized carbons (Fsp3) is 0.200. The summed E-state index contributed by atoms with van der Waals surface area (Å²) in [5.41, 5.74) is 7.27. The molecule has 0 heterocycles. The first-order valence-electron chi connectivity index (χ1n) is 6.22. The van der Waals surface area contributed by atoms with Gasteiger partial charge in [-0.25, -0.2) is 0 Å². The summed E-state index contributed by atoms with van der Waals surface area (Å²) in [6.07, 6.45) is -0.810. The van der Waals surface area contributed by atoms with E-state index in [0.717, 1.165) is 14.5 Å². The lowest BCUT2D eigenvalue weighted by Gasteiger charge is -2.25. The van der Waals surface area contributed by atoms with E-state index >= 15 is 0 Å². The molecule has 0 saturated heterocycles. The molecule has 0 amide bonds. The minimum atomic E-state index is -0.810. The largest absolute Gasteiger partial charge is 0.388 e. The highest BCUT2D eigenvalue weighted by molar-refractivity contribution is 9.11. The van der Waals surface area contributed by atoms with Crippen molar-refractivity contribution in [3.8, 4) is 0 Å². The molecule has 2 aromatic carbocycles. The summed E-state index contributed by atoms with van der Waals surface area (Å²) >= 11 is 19.3. The average molecular weight is 454 g/mol. The van der Waals surface area contributed by atoms with Crippen LogP contribution in [-0.4, -0.2) is 11.7 Å². The van der Waals surface area contributed by atoms with Gasteiger partial charge in [0.2, 0.25) is 0 Å². The quantitative estimate of drug-likeness (QED) is 0.660. The second-order valence-corrected chi connectivity index (χ2v) is 7.17. The van der Waals surface area contributed by atoms with Crippen molar-refractivity contribution in [2.24, 2.45) is 5.73 Å². The van der Waals surface area contributed by atoms with Gasteiger partial charge in [-0.15, -0.1) is 0 Å². The van der Waals surface area contributed by atoms with Crippen molar-refractivity contribution in [2.75, 3.05) is 6.54 Å². The van der Waals surface area contributed by atoms with E-state index in [0.29, 0.717) is 15.6 Å². The van der Waals surface area contributed by atoms with Crippen LogP contribution in [0.2, 0.25) is 10.0 Å². The van der Waals surface area contributed by atoms with E-state index in [1.54, 1.807) is 18.2 Å². The van der Waals surface area contributed by atoms with Crippen LogP contribution in [0.15, 0.2) is 45.3 Å². The molecular formula is C15H13Br2Cl2NO. The summed E-state index contributed by atoms with van der Waals surface area (Å²) in [5, 5.41) is 11.7. The third-order valence-corrected chi connectivity index (χ3v) is 5.13. The number of rotatable bonds is 4. The maximum atomic E-state index is 10.7. The van der Waals surface area contributed by atoms with E-state index in [2.05, 4.69) is 31.9 Å². The Morgan fingerprint density at radius 3 is 2.24 bits per heavy atom. The Morgan fingerprint density at radius 1 is 1.10 bits per heavy atom. The van der Waals surface area contributed by atoms with Crippen LogP contribution in [-0.2, 0) is 0 Å². The minimum Gasteiger partial charge on any atom is -0.388 e. The van der Waals surface area contributed by atoms with Gasteiger partial charge in [0.1, 0.15) is 0 Å². The monoisotopic (exact) mass is 451 g/mol. The minimum absolute atomic E-state index is 0.229. The highest BCUT2D eigenvalue weighted by atomic mass is 79.9. The van der Waals surface area contributed by atoms with Crippen molar-refractivity contribution < 1.29 is 5.11 Å². The average Bonchev–Trinajstić information content (AvgIpc) is 2.42. The van der Waals surface area contributed by atoms with Gasteiger partial charge in [-0.2, -0.15) is 0 Å². The van der Waals surface area contributed by atoms with Crippen LogP contribution in [0.4, 0.5) is 0 Å². The van der Waals surface area contributed by atoms with E-state index in [4.69, 9.17) is 28.9 Å². The van der Waals surface area contributed by atoms with Crippen LogP contribution in [0.5, 0.6) is 0 Å². The van der Waals surface area contributed by atoms with Gasteiger partial charge >= 0.3 is 0 Å². The Balaban J connectivity index is 2.46. The van der Waals surface area contributed by atoms with E-state index < -0.39 is 6.10 Å². The SMILES string of the molecule is NCC(c1c(Cl)cccc1Cl)C(O)c1ccc(Br)cc1Br. The van der Waals surface area contributed by atoms with Gasteiger partial charge in [0.05, 0.1) is 6.10 Å². The van der Waals surface area contributed by atoms with Gasteiger partial charge in [0.25, 0.3) is 0 Å². The number of nitrogens with two attached hydrogens (primary N) is 1. The summed E-state index contributed by atoms with van der Waals surface area (Å²) in [6, 6.07) is 10.8. The van der Waals surface area contributed by atoms with Gasteiger partial charge in [-0.05, 0) is 35.4 Å². The maximum absolute atomic E-state index is 10.7. The molecular weight excluding hydrogens is 441 g/mol. The molecule has 6 heteroatoms. The Hall–Kier alpha value is -0.100. The summed E-state index contributed by atoms with van der Waals surface area (Å²) in [7, 11) is 0. The first-order valence-corrected chi connectivity index (χ1v) is 8.57. The fourth-order valence-corrected chi connectivity index (χ4v) is 4.19. The van der Waals surface area contributed by atoms with Gasteiger partial charge in [0, 0.05) is 31.5 Å². The summed E-state index contributed by atoms with van der Waals surface area (Å²) in [4.78, 5) is 0. The lowest BCUT2D eigenvalue weighted by atomic mass is 9.89. The zero-order valence-corrected chi connectivity index (χ0v) is 15.5. The van der Waals surface area contributed by atoms with Crippen LogP contribution in [0, 0.1) is 0 Å². The van der Waals surface area contributed by atoms with Crippen LogP contribution in [0.1, 0.15) is 23.1 Å². The molecule has 0 aromatic heterocycles. The highest BCUT2D eigenvalue weighted by Crippen LogP contribution is 2.40. The van der Waals surface area contributed by atoms with E-state index in [1.165, 1.54) is 0 Å². The maximum Gasteiger partial charge on any atom is 0.0882 e. The first-order chi connectivity index (χ1) is 9.95. The molecule has 0 spiro atoms. The number of aliphatic hydroxyl groups excluding tert-OH is 1. The molecule has 112 valence electrons. The number of aliphatic hydroxyl groups is 1. The topological polar surface area (TPSA) is 46.2 Å². The molecule has 0 saturated carbocycles. The van der Waals surface area contributed by atoms with Crippen molar-refractivity contribution >= 4 is 55.1 Å². The molecule has 0 radical (unpaired) electrons. The third-order valence-electron chi connectivity index (χ3n) is 3.29. The summed E-state index contributed by atoms with van der Waals surface area (Å²) < 4.78 is 1.72. The first kappa shape index (κ1) is 17.3. The Kier molecular flexibility index (Phi) is 6.12. The molecule has 2 aromatic rings. The highest BCUT2D eigenvalue weighted by Gasteiger charge is 2.27. The smallest absolute Gasteiger partial charge is 0.0882 e. The van der Waals surface area contributed by atoms with Crippen LogP contribution < -0.4 is 5.73 Å². The predicted molar refractivity (Wildman–Crippen MR) is 95.1 cm³/mol. The van der Waals surface area contributed by atoms with Gasteiger partial charge in [-0.3, -0.25) is 0 Å². The van der Waals surface area contributed by atoms with Crippen molar-refractivity contribution in [1.29, 1.82) is 0 Å². The standard InChI is InChI=1S/C15H13Br2Cl2NO/c16-8-4-5-9(11(17)6-8)15(21)10(7-20)14-12(18)2-1-3-13(14)19/h1-6,10,15,21H,7,20H2. The molecule has 2 atom stereocenters. The molecule has 2 rings (SSSR count). The second kappa shape index (κ2) is 7.44. The normalized spacial score (nSPS) is 14.0. The number of benzene rings is 2. The molecule has 21 heavy (non-hydrogen) atoms. The third kappa shape index (κ3) is 3.81. The van der Waals surface area contributed by atoms with E-state index in [9.17, 15) is 5.11 Å². The lowest BCUT2D eigenvalue weighted by molar-refractivity contribution is 0.147. The summed E-state index contributed by atoms with van der Waals surface area (Å²) in [5.74, 6) is -0.385. The van der Waals surface area contributed by atoms with Crippen molar-refractivity contribution in [2.45, 2.75) is 12.0 Å². The van der Waals surface area contributed by atoms with Gasteiger partial charge < -0.3 is 10.8 Å². The molecule has 3 N–H and O–H groups in total. The molecule has 2 unspecified atom stereocenters. The van der Waals surface area contributed by atoms with Gasteiger partial charge in [-0.1, -0.05) is 67.2 Å². The van der Waals surface area contributed by atoms with Crippen molar-refractivity contribution in [1.82, 2.24) is 0 Å². The Morgan fingerprint density at radius 2 is 1.71 bits per heavy atom. The van der Waals surface area contributed by atoms with E-state index in [-0.39, 0.29) is 12.5 Å². The molecule has 0 fully saturated rings. The van der Waals surface area contributed by atoms with Crippen LogP contribution >= 0.6 is 55.1 Å². The lowest BCUT2D eigenvalue weighted by Crippen LogP contribution is -2.21. The Bertz CT molecular complexity index is 631. The van der Waals surface area contributed by atoms with Crippen LogP contribution in [0.25, 0.3) is 0 Å². The zero-order valence-electron chi connectivity index (χ0n) is 10.9. The molecule has 2 nitrogen and oxygen atoms in total. The Labute approximate surface area is 150 Å². The van der Waals surface area contributed by atoms with Gasteiger partial charge in [0.15, 0.2) is 0 Å². The molecule has 0 aliphatic carbocycles. The van der Waals surface area contributed by atoms with Crippen LogP contribution in [0.3, 0.4) is 0 Å². The fourth-order valence-electron chi connectivity index (χ4n) is 2.23. The number of halogens is 4. The number of hydrogen-bond donors (Lipinski definition) is 2. The predicted octanol–water partition coefficient (Wildman–Crippen LogP) is 5.29. The zero-order chi connectivity index (χ0) is 15.6. The van der Waals surface area contributed by atoms with Crippen molar-refractivity contribution in [3.05, 3.63) is 66.5 Å². The molecule has 0 aliphatic rings. The molecule has 0 aliphatic heterocycles. The van der Waals surface area contributed by atoms with Crippen molar-refractivity contribution in [3.63, 3.8) is 0 Å².